The van der Waals surface area contributed by atoms with Crippen LogP contribution in [0.4, 0.5) is 0 Å². The highest BCUT2D eigenvalue weighted by molar-refractivity contribution is 5.87. The molecule has 2 aliphatic rings. The van der Waals surface area contributed by atoms with Crippen LogP contribution in [0.25, 0.3) is 0 Å². The normalized spacial score (nSPS) is 26.8. The quantitative estimate of drug-likeness (QED) is 0.860. The molecule has 3 nitrogen and oxygen atoms in total. The van der Waals surface area contributed by atoms with Crippen molar-refractivity contribution >= 4 is 5.97 Å². The summed E-state index contributed by atoms with van der Waals surface area (Å²) < 4.78 is 0. The topological polar surface area (TPSA) is 40.5 Å². The third kappa shape index (κ3) is 2.34. The van der Waals surface area contributed by atoms with E-state index in [1.54, 1.807) is 12.1 Å². The van der Waals surface area contributed by atoms with Gasteiger partial charge in [0.15, 0.2) is 0 Å². The maximum absolute atomic E-state index is 10.7. The Morgan fingerprint density at radius 1 is 1.24 bits per heavy atom. The van der Waals surface area contributed by atoms with Gasteiger partial charge in [0, 0.05) is 19.6 Å². The summed E-state index contributed by atoms with van der Waals surface area (Å²) in [5, 5.41) is 8.80. The zero-order chi connectivity index (χ0) is 11.8. The number of hydrogen-bond acceptors (Lipinski definition) is 2. The molecule has 17 heavy (non-hydrogen) atoms. The number of fused-ring (bicyclic) bond motifs is 1. The van der Waals surface area contributed by atoms with Gasteiger partial charge in [0.1, 0.15) is 0 Å². The highest BCUT2D eigenvalue weighted by Crippen LogP contribution is 2.44. The van der Waals surface area contributed by atoms with Gasteiger partial charge in [0.25, 0.3) is 0 Å². The lowest BCUT2D eigenvalue weighted by molar-refractivity contribution is 0.0697. The first-order chi connectivity index (χ1) is 8.22. The van der Waals surface area contributed by atoms with Crippen molar-refractivity contribution in [2.75, 3.05) is 19.6 Å². The number of likely N-dealkylation sites (tertiary alicyclic amines) is 1. The van der Waals surface area contributed by atoms with Crippen LogP contribution in [0, 0.1) is 11.8 Å². The molecule has 0 amide bonds. The van der Waals surface area contributed by atoms with E-state index in [1.807, 2.05) is 12.1 Å². The lowest BCUT2D eigenvalue weighted by atomic mass is 10.1. The van der Waals surface area contributed by atoms with Crippen LogP contribution in [0.15, 0.2) is 24.3 Å². The Balaban J connectivity index is 1.52. The van der Waals surface area contributed by atoms with E-state index in [1.165, 1.54) is 25.1 Å². The molecule has 0 aromatic heterocycles. The summed E-state index contributed by atoms with van der Waals surface area (Å²) in [7, 11) is 0. The molecular weight excluding hydrogens is 214 g/mol. The molecule has 0 radical (unpaired) electrons. The Kier molecular flexibility index (Phi) is 2.63. The predicted molar refractivity (Wildman–Crippen MR) is 65.1 cm³/mol. The Hall–Kier alpha value is -1.35. The summed E-state index contributed by atoms with van der Waals surface area (Å²) >= 11 is 0. The van der Waals surface area contributed by atoms with E-state index in [-0.39, 0.29) is 0 Å². The Morgan fingerprint density at radius 3 is 2.47 bits per heavy atom. The Bertz CT molecular complexity index is 416. The molecule has 0 spiro atoms. The predicted octanol–water partition coefficient (Wildman–Crippen LogP) is 1.88. The number of rotatable bonds is 4. The van der Waals surface area contributed by atoms with Crippen LogP contribution >= 0.6 is 0 Å². The molecule has 1 aliphatic carbocycles. The molecule has 1 aromatic carbocycles. The fourth-order valence-electron chi connectivity index (χ4n) is 2.78. The molecule has 2 unspecified atom stereocenters. The lowest BCUT2D eigenvalue weighted by Gasteiger charge is -2.16. The van der Waals surface area contributed by atoms with Crippen LogP contribution in [-0.4, -0.2) is 35.6 Å². The number of carbonyl (C=O) groups is 1. The van der Waals surface area contributed by atoms with Gasteiger partial charge in [0.2, 0.25) is 0 Å². The van der Waals surface area contributed by atoms with Crippen molar-refractivity contribution in [3.8, 4) is 0 Å². The molecule has 1 aromatic rings. The summed E-state index contributed by atoms with van der Waals surface area (Å²) in [6.07, 6.45) is 2.48. The lowest BCUT2D eigenvalue weighted by Crippen LogP contribution is -2.25. The average Bonchev–Trinajstić information content (AvgIpc) is 2.95. The van der Waals surface area contributed by atoms with Crippen LogP contribution in [0.1, 0.15) is 22.3 Å². The van der Waals surface area contributed by atoms with Gasteiger partial charge in [0.05, 0.1) is 5.56 Å². The number of aromatic carboxylic acids is 1. The molecule has 1 N–H and O–H groups in total. The Labute approximate surface area is 101 Å². The summed E-state index contributed by atoms with van der Waals surface area (Å²) in [5.41, 5.74) is 1.60. The summed E-state index contributed by atoms with van der Waals surface area (Å²) in [6.45, 7) is 3.66. The van der Waals surface area contributed by atoms with Crippen molar-refractivity contribution in [1.29, 1.82) is 0 Å². The largest absolute Gasteiger partial charge is 0.478 e. The first-order valence-corrected chi connectivity index (χ1v) is 6.27. The van der Waals surface area contributed by atoms with E-state index in [2.05, 4.69) is 4.90 Å². The summed E-state index contributed by atoms with van der Waals surface area (Å²) in [6, 6.07) is 7.25. The van der Waals surface area contributed by atoms with Gasteiger partial charge in [-0.25, -0.2) is 4.79 Å². The van der Waals surface area contributed by atoms with Crippen LogP contribution in [0.2, 0.25) is 0 Å². The first kappa shape index (κ1) is 10.8. The van der Waals surface area contributed by atoms with Gasteiger partial charge in [-0.3, -0.25) is 0 Å². The number of piperidine rings is 1. The van der Waals surface area contributed by atoms with E-state index in [0.29, 0.717) is 5.56 Å². The second kappa shape index (κ2) is 4.15. The van der Waals surface area contributed by atoms with Crippen molar-refractivity contribution in [3.63, 3.8) is 0 Å². The molecule has 1 saturated carbocycles. The molecule has 90 valence electrons. The minimum absolute atomic E-state index is 0.371. The Morgan fingerprint density at radius 2 is 1.88 bits per heavy atom. The van der Waals surface area contributed by atoms with Gasteiger partial charge < -0.3 is 10.0 Å². The molecule has 0 bridgehead atoms. The molecule has 2 atom stereocenters. The first-order valence-electron chi connectivity index (χ1n) is 6.27. The van der Waals surface area contributed by atoms with Crippen LogP contribution in [0.5, 0.6) is 0 Å². The number of benzene rings is 1. The zero-order valence-corrected chi connectivity index (χ0v) is 9.80. The highest BCUT2D eigenvalue weighted by Gasteiger charge is 2.44. The zero-order valence-electron chi connectivity index (χ0n) is 9.80. The van der Waals surface area contributed by atoms with E-state index >= 15 is 0 Å². The monoisotopic (exact) mass is 231 g/mol. The standard InChI is InChI=1S/C14H17NO2/c16-14(17)11-3-1-10(2-4-11)5-6-15-8-12-7-13(12)9-15/h1-4,12-13H,5-9H2,(H,16,17). The highest BCUT2D eigenvalue weighted by atomic mass is 16.4. The maximum atomic E-state index is 10.7. The van der Waals surface area contributed by atoms with Crippen LogP contribution < -0.4 is 0 Å². The molecule has 3 heteroatoms. The molecule has 1 aliphatic heterocycles. The molecule has 2 fully saturated rings. The third-order valence-corrected chi connectivity index (χ3v) is 3.97. The van der Waals surface area contributed by atoms with Gasteiger partial charge in [-0.1, -0.05) is 12.1 Å². The average molecular weight is 231 g/mol. The smallest absolute Gasteiger partial charge is 0.335 e. The van der Waals surface area contributed by atoms with Crippen LogP contribution in [-0.2, 0) is 6.42 Å². The van der Waals surface area contributed by atoms with Crippen molar-refractivity contribution in [2.24, 2.45) is 11.8 Å². The minimum Gasteiger partial charge on any atom is -0.478 e. The van der Waals surface area contributed by atoms with E-state index < -0.39 is 5.97 Å². The molecule has 1 heterocycles. The fraction of sp³-hybridized carbons (Fsp3) is 0.500. The molecule has 3 rings (SSSR count). The third-order valence-electron chi connectivity index (χ3n) is 3.97. The SMILES string of the molecule is O=C(O)c1ccc(CCN2CC3CC3C2)cc1. The molecule has 1 saturated heterocycles. The van der Waals surface area contributed by atoms with Crippen LogP contribution in [0.3, 0.4) is 0 Å². The van der Waals surface area contributed by atoms with E-state index in [4.69, 9.17) is 5.11 Å². The number of carboxylic acid groups (broad SMARTS) is 1. The van der Waals surface area contributed by atoms with Crippen molar-refractivity contribution in [2.45, 2.75) is 12.8 Å². The van der Waals surface area contributed by atoms with Crippen molar-refractivity contribution in [1.82, 2.24) is 4.90 Å². The number of nitrogens with zero attached hydrogens (tertiary/aromatic N) is 1. The second-order valence-electron chi connectivity index (χ2n) is 5.27. The number of hydrogen-bond donors (Lipinski definition) is 1. The maximum Gasteiger partial charge on any atom is 0.335 e. The van der Waals surface area contributed by atoms with Crippen molar-refractivity contribution < 1.29 is 9.90 Å². The summed E-state index contributed by atoms with van der Waals surface area (Å²) in [4.78, 5) is 13.2. The van der Waals surface area contributed by atoms with Gasteiger partial charge in [-0.2, -0.15) is 0 Å². The van der Waals surface area contributed by atoms with E-state index in [9.17, 15) is 4.79 Å². The van der Waals surface area contributed by atoms with Crippen molar-refractivity contribution in [3.05, 3.63) is 35.4 Å². The summed E-state index contributed by atoms with van der Waals surface area (Å²) in [5.74, 6) is 1.13. The second-order valence-corrected chi connectivity index (χ2v) is 5.27. The van der Waals surface area contributed by atoms with Gasteiger partial charge in [-0.05, 0) is 42.4 Å². The fourth-order valence-corrected chi connectivity index (χ4v) is 2.78. The van der Waals surface area contributed by atoms with Gasteiger partial charge in [-0.15, -0.1) is 0 Å². The van der Waals surface area contributed by atoms with Gasteiger partial charge >= 0.3 is 5.97 Å². The number of carboxylic acids is 1. The minimum atomic E-state index is -0.851. The molecular formula is C14H17NO2. The van der Waals surface area contributed by atoms with E-state index in [0.717, 1.165) is 24.8 Å².